The maximum Gasteiger partial charge on any atom is 0.118 e. The molecule has 0 saturated carbocycles. The topological polar surface area (TPSA) is 20.2 Å². The summed E-state index contributed by atoms with van der Waals surface area (Å²) in [6, 6.07) is 7.82. The van der Waals surface area contributed by atoms with Crippen molar-refractivity contribution in [3.05, 3.63) is 29.8 Å². The van der Waals surface area contributed by atoms with Gasteiger partial charge in [-0.1, -0.05) is 584 Å². The molecule has 97 heavy (non-hydrogen) atoms. The fraction of sp³-hybridized carbons (Fsp3) is 0.938. The molecule has 0 saturated heterocycles. The Morgan fingerprint density at radius 3 is 0.361 bits per heavy atom. The summed E-state index contributed by atoms with van der Waals surface area (Å²) < 4.78 is 0. The zero-order valence-electron chi connectivity index (χ0n) is 67.7. The third kappa shape index (κ3) is 82.2. The van der Waals surface area contributed by atoms with Crippen molar-refractivity contribution in [2.24, 2.45) is 0 Å². The minimum Gasteiger partial charge on any atom is -0.508 e. The third-order valence-electron chi connectivity index (χ3n) is 23.3. The fourth-order valence-corrected chi connectivity index (χ4v) is 16.3. The Bertz CT molecular complexity index is 1500. The van der Waals surface area contributed by atoms with Crippen LogP contribution in [0, 0.1) is 0 Å². The van der Waals surface area contributed by atoms with Gasteiger partial charge in [0.25, 0.3) is 0 Å². The second-order valence-corrected chi connectivity index (χ2v) is 33.1. The van der Waals surface area contributed by atoms with Crippen molar-refractivity contribution in [1.29, 1.82) is 0 Å². The van der Waals surface area contributed by atoms with E-state index in [1.54, 1.807) is 0 Å². The zero-order valence-corrected chi connectivity index (χ0v) is 67.7. The number of unbranched alkanes of at least 4 members (excludes halogenated alkanes) is 87. The van der Waals surface area contributed by atoms with E-state index >= 15 is 0 Å². The van der Waals surface area contributed by atoms with Crippen LogP contribution in [-0.2, 0) is 6.42 Å². The molecule has 0 aliphatic carbocycles. The number of phenolic OH excluding ortho intramolecular Hbond substituents is 1. The molecule has 0 atom stereocenters. The second-order valence-electron chi connectivity index (χ2n) is 33.1. The Hall–Kier alpha value is -0.980. The Balaban J connectivity index is 1.58. The Labute approximate surface area is 615 Å². The summed E-state index contributed by atoms with van der Waals surface area (Å²) in [6.45, 7) is 2.32. The molecule has 1 aromatic rings. The molecule has 0 aliphatic heterocycles. The van der Waals surface area contributed by atoms with Gasteiger partial charge < -0.3 is 5.11 Å². The van der Waals surface area contributed by atoms with Crippen LogP contribution in [0.1, 0.15) is 578 Å². The van der Waals surface area contributed by atoms with Crippen LogP contribution in [0.4, 0.5) is 0 Å². The smallest absolute Gasteiger partial charge is 0.118 e. The molecule has 0 spiro atoms. The molecule has 1 rings (SSSR count). The summed E-state index contributed by atoms with van der Waals surface area (Å²) in [5.74, 6) is 0.469. The van der Waals surface area contributed by atoms with E-state index in [9.17, 15) is 5.11 Å². The summed E-state index contributed by atoms with van der Waals surface area (Å²) in [4.78, 5) is 0. The van der Waals surface area contributed by atoms with Gasteiger partial charge in [-0.05, 0) is 24.5 Å². The van der Waals surface area contributed by atoms with E-state index in [0.29, 0.717) is 5.75 Å². The normalized spacial score (nSPS) is 11.8. The average Bonchev–Trinajstić information content (AvgIpc) is 2.40. The zero-order chi connectivity index (χ0) is 68.9. The van der Waals surface area contributed by atoms with Gasteiger partial charge >= 0.3 is 0 Å². The van der Waals surface area contributed by atoms with Gasteiger partial charge in [0.1, 0.15) is 5.75 Å². The van der Waals surface area contributed by atoms with Gasteiger partial charge in [-0.2, -0.15) is 0 Å². The van der Waals surface area contributed by atoms with E-state index in [0.717, 1.165) is 12.0 Å². The lowest BCUT2D eigenvalue weighted by atomic mass is 10.0. The molecule has 0 radical (unpaired) electrons. The largest absolute Gasteiger partial charge is 0.508 e. The first kappa shape index (κ1) is 94.0. The minimum absolute atomic E-state index is 0.469. The molecule has 0 aliphatic rings. The highest BCUT2D eigenvalue weighted by atomic mass is 16.3. The van der Waals surface area contributed by atoms with E-state index in [4.69, 9.17) is 0 Å². The second kappa shape index (κ2) is 87.4. The summed E-state index contributed by atoms with van der Waals surface area (Å²) >= 11 is 0. The molecule has 0 unspecified atom stereocenters. The van der Waals surface area contributed by atoms with Gasteiger partial charge in [0.05, 0.1) is 0 Å². The van der Waals surface area contributed by atoms with Crippen LogP contribution in [0.3, 0.4) is 0 Å². The van der Waals surface area contributed by atoms with E-state index in [-0.39, 0.29) is 0 Å². The first-order valence-electron chi connectivity index (χ1n) is 47.1. The molecule has 1 N–H and O–H groups in total. The lowest BCUT2D eigenvalue weighted by Gasteiger charge is -2.05. The van der Waals surface area contributed by atoms with E-state index in [1.165, 1.54) is 565 Å². The monoisotopic (exact) mass is 1360 g/mol. The minimum atomic E-state index is 0.469. The Kier molecular flexibility index (Phi) is 84.7. The quantitative estimate of drug-likeness (QED) is 0.0645. The van der Waals surface area contributed by atoms with Gasteiger partial charge in [0, 0.05) is 0 Å². The summed E-state index contributed by atoms with van der Waals surface area (Å²) in [7, 11) is 0. The van der Waals surface area contributed by atoms with Crippen molar-refractivity contribution < 1.29 is 5.11 Å². The fourth-order valence-electron chi connectivity index (χ4n) is 16.3. The van der Waals surface area contributed by atoms with Crippen molar-refractivity contribution in [2.45, 2.75) is 578 Å². The molecular formula is C96H186O. The van der Waals surface area contributed by atoms with Crippen LogP contribution >= 0.6 is 0 Å². The molecule has 0 amide bonds. The lowest BCUT2D eigenvalue weighted by molar-refractivity contribution is 0.465. The Morgan fingerprint density at radius 2 is 0.247 bits per heavy atom. The van der Waals surface area contributed by atoms with Crippen molar-refractivity contribution >= 4 is 0 Å². The molecule has 0 aromatic heterocycles. The van der Waals surface area contributed by atoms with Crippen molar-refractivity contribution in [2.75, 3.05) is 0 Å². The van der Waals surface area contributed by atoms with Gasteiger partial charge in [-0.3, -0.25) is 0 Å². The molecular weight excluding hydrogens is 1170 g/mol. The molecule has 0 fully saturated rings. The van der Waals surface area contributed by atoms with Crippen LogP contribution in [0.25, 0.3) is 0 Å². The molecule has 576 valence electrons. The molecule has 1 heteroatoms. The first-order valence-corrected chi connectivity index (χ1v) is 47.1. The predicted octanol–water partition coefficient (Wildman–Crippen LogP) is 36.3. The number of hydrogen-bond acceptors (Lipinski definition) is 1. The summed E-state index contributed by atoms with van der Waals surface area (Å²) in [5.41, 5.74) is 1.11. The highest BCUT2D eigenvalue weighted by molar-refractivity contribution is 5.31. The van der Waals surface area contributed by atoms with Crippen LogP contribution in [-0.4, -0.2) is 5.11 Å². The number of benzene rings is 1. The number of hydrogen-bond donors (Lipinski definition) is 1. The van der Waals surface area contributed by atoms with Gasteiger partial charge in [0.15, 0.2) is 0 Å². The van der Waals surface area contributed by atoms with Crippen LogP contribution < -0.4 is 0 Å². The molecule has 0 bridgehead atoms. The number of phenols is 1. The van der Waals surface area contributed by atoms with Crippen LogP contribution in [0.15, 0.2) is 24.3 Å². The van der Waals surface area contributed by atoms with Gasteiger partial charge in [-0.15, -0.1) is 0 Å². The van der Waals surface area contributed by atoms with E-state index < -0.39 is 0 Å². The van der Waals surface area contributed by atoms with Crippen LogP contribution in [0.5, 0.6) is 5.75 Å². The van der Waals surface area contributed by atoms with Gasteiger partial charge in [0.2, 0.25) is 0 Å². The number of aromatic hydroxyl groups is 1. The summed E-state index contributed by atoms with van der Waals surface area (Å²) in [5, 5.41) is 9.90. The van der Waals surface area contributed by atoms with Crippen molar-refractivity contribution in [3.8, 4) is 5.75 Å². The maximum absolute atomic E-state index is 9.90. The van der Waals surface area contributed by atoms with Crippen molar-refractivity contribution in [3.63, 3.8) is 0 Å². The predicted molar refractivity (Wildman–Crippen MR) is 444 cm³/mol. The highest BCUT2D eigenvalue weighted by Crippen LogP contribution is 2.24. The maximum atomic E-state index is 9.90. The first-order chi connectivity index (χ1) is 48.3. The van der Waals surface area contributed by atoms with E-state index in [1.807, 2.05) is 18.2 Å². The summed E-state index contributed by atoms with van der Waals surface area (Å²) in [6.07, 6.45) is 131. The average molecular weight is 1360 g/mol. The molecule has 1 aromatic carbocycles. The number of aryl methyl sites for hydroxylation is 1. The Morgan fingerprint density at radius 1 is 0.144 bits per heavy atom. The molecule has 0 heterocycles. The van der Waals surface area contributed by atoms with Crippen LogP contribution in [0.2, 0.25) is 0 Å². The number of rotatable bonds is 89. The van der Waals surface area contributed by atoms with Gasteiger partial charge in [-0.25, -0.2) is 0 Å². The molecule has 1 nitrogen and oxygen atoms in total. The standard InChI is InChI=1S/C96H186O/c1-2-3-4-5-6-7-8-9-10-11-12-13-14-15-16-17-18-19-20-21-22-23-24-25-26-27-28-29-30-31-32-33-34-35-36-37-38-39-40-41-42-43-44-45-46-47-48-49-50-51-52-53-54-55-56-57-58-59-60-61-62-63-64-65-66-67-68-69-70-71-72-73-74-75-76-77-78-79-80-81-82-83-84-85-86-87-88-89-92-95-93-90-91-94-96(95)97/h90-91,93-94,97H,2-89,92H2,1H3. The number of para-hydroxylation sites is 1. The SMILES string of the molecule is CCCCCCCCCCCCCCCCCCCCCCCCCCCCCCCCCCCCCCCCCCCCCCCCCCCCCCCCCCCCCCCCCCCCCCCCCCCCCCCCCCCCCCCCCCc1ccccc1O. The van der Waals surface area contributed by atoms with Crippen molar-refractivity contribution in [1.82, 2.24) is 0 Å². The highest BCUT2D eigenvalue weighted by Gasteiger charge is 2.04. The lowest BCUT2D eigenvalue weighted by Crippen LogP contribution is -1.87. The van der Waals surface area contributed by atoms with E-state index in [2.05, 4.69) is 13.0 Å². The third-order valence-corrected chi connectivity index (χ3v) is 23.3.